The van der Waals surface area contributed by atoms with Gasteiger partial charge in [0.05, 0.1) is 0 Å². The molecule has 1 aromatic rings. The first kappa shape index (κ1) is 21.5. The summed E-state index contributed by atoms with van der Waals surface area (Å²) in [6.07, 6.45) is 8.58. The van der Waals surface area contributed by atoms with Gasteiger partial charge in [-0.15, -0.1) is 0 Å². The maximum atomic E-state index is 4.29. The monoisotopic (exact) mass is 341 g/mol. The molecule has 0 radical (unpaired) electrons. The van der Waals surface area contributed by atoms with Gasteiger partial charge in [0.25, 0.3) is 0 Å². The molecule has 0 saturated heterocycles. The van der Waals surface area contributed by atoms with Crippen LogP contribution >= 0.6 is 0 Å². The summed E-state index contributed by atoms with van der Waals surface area (Å²) < 4.78 is 0. The highest BCUT2D eigenvalue weighted by molar-refractivity contribution is 5.55. The van der Waals surface area contributed by atoms with E-state index in [1.807, 2.05) is 0 Å². The summed E-state index contributed by atoms with van der Waals surface area (Å²) in [5, 5.41) is 0. The summed E-state index contributed by atoms with van der Waals surface area (Å²) in [7, 11) is 0. The first-order valence-electron chi connectivity index (χ1n) is 9.95. The first-order valence-corrected chi connectivity index (χ1v) is 9.95. The molecule has 140 valence electrons. The van der Waals surface area contributed by atoms with Crippen LogP contribution in [0.3, 0.4) is 0 Å². The van der Waals surface area contributed by atoms with Crippen LogP contribution in [-0.4, -0.2) is 6.04 Å². The molecule has 0 aliphatic rings. The van der Waals surface area contributed by atoms with Crippen LogP contribution in [0.4, 0.5) is 5.69 Å². The molecule has 0 heterocycles. The smallest absolute Gasteiger partial charge is 0.0413 e. The number of aryl methyl sites for hydroxylation is 2. The van der Waals surface area contributed by atoms with Gasteiger partial charge < -0.3 is 4.90 Å². The van der Waals surface area contributed by atoms with Gasteiger partial charge in [0, 0.05) is 17.4 Å². The minimum Gasteiger partial charge on any atom is -0.343 e. The van der Waals surface area contributed by atoms with Crippen molar-refractivity contribution < 1.29 is 0 Å². The van der Waals surface area contributed by atoms with E-state index in [4.69, 9.17) is 0 Å². The van der Waals surface area contributed by atoms with E-state index in [0.717, 1.165) is 5.70 Å². The number of anilines is 1. The van der Waals surface area contributed by atoms with Crippen LogP contribution in [-0.2, 0) is 0 Å². The van der Waals surface area contributed by atoms with Crippen molar-refractivity contribution in [3.8, 4) is 0 Å². The molecule has 2 atom stereocenters. The fourth-order valence-electron chi connectivity index (χ4n) is 3.54. The molecule has 0 aromatic heterocycles. The number of benzene rings is 1. The zero-order valence-corrected chi connectivity index (χ0v) is 17.7. The van der Waals surface area contributed by atoms with E-state index in [2.05, 4.69) is 84.2 Å². The van der Waals surface area contributed by atoms with Gasteiger partial charge in [-0.1, -0.05) is 44.1 Å². The Morgan fingerprint density at radius 1 is 1.16 bits per heavy atom. The average molecular weight is 342 g/mol. The van der Waals surface area contributed by atoms with Gasteiger partial charge in [0.2, 0.25) is 0 Å². The zero-order chi connectivity index (χ0) is 19.0. The molecule has 1 nitrogen and oxygen atoms in total. The summed E-state index contributed by atoms with van der Waals surface area (Å²) >= 11 is 0. The van der Waals surface area contributed by atoms with Gasteiger partial charge in [-0.2, -0.15) is 0 Å². The van der Waals surface area contributed by atoms with Gasteiger partial charge in [-0.05, 0) is 90.0 Å². The normalized spacial score (nSPS) is 14.3. The number of hydrogen-bond donors (Lipinski definition) is 0. The van der Waals surface area contributed by atoms with Gasteiger partial charge in [0.15, 0.2) is 0 Å². The topological polar surface area (TPSA) is 3.24 Å². The number of nitrogens with zero attached hydrogens (tertiary/aromatic N) is 1. The lowest BCUT2D eigenvalue weighted by Crippen LogP contribution is -2.37. The van der Waals surface area contributed by atoms with Crippen molar-refractivity contribution in [2.45, 2.75) is 86.6 Å². The van der Waals surface area contributed by atoms with Gasteiger partial charge >= 0.3 is 0 Å². The van der Waals surface area contributed by atoms with Crippen LogP contribution in [0.5, 0.6) is 0 Å². The predicted octanol–water partition coefficient (Wildman–Crippen LogP) is 7.58. The van der Waals surface area contributed by atoms with Crippen molar-refractivity contribution in [1.82, 2.24) is 0 Å². The van der Waals surface area contributed by atoms with E-state index >= 15 is 0 Å². The van der Waals surface area contributed by atoms with Crippen LogP contribution in [0.2, 0.25) is 0 Å². The number of hydrogen-bond acceptors (Lipinski definition) is 1. The summed E-state index contributed by atoms with van der Waals surface area (Å²) in [6.45, 7) is 19.9. The fourth-order valence-corrected chi connectivity index (χ4v) is 3.54. The van der Waals surface area contributed by atoms with Crippen molar-refractivity contribution in [3.63, 3.8) is 0 Å². The lowest BCUT2D eigenvalue weighted by molar-refractivity contribution is 0.367. The molecule has 0 amide bonds. The standard InChI is InChI=1S/C24H39N/c1-9-11-12-23(15-13-19(5)10-2)22(8)25(18(3)4)24-16-14-20(6)21(7)17-24/h10,14,16-17,22-23H,3,9,11-13,15H2,1-2,4-8H3/b19-10+. The molecule has 0 bridgehead atoms. The van der Waals surface area contributed by atoms with E-state index in [1.54, 1.807) is 0 Å². The lowest BCUT2D eigenvalue weighted by Gasteiger charge is -2.37. The second-order valence-electron chi connectivity index (χ2n) is 7.69. The van der Waals surface area contributed by atoms with Gasteiger partial charge in [0.1, 0.15) is 0 Å². The maximum Gasteiger partial charge on any atom is 0.0413 e. The molecule has 0 saturated carbocycles. The molecular formula is C24H39N. The Morgan fingerprint density at radius 2 is 1.84 bits per heavy atom. The predicted molar refractivity (Wildman–Crippen MR) is 114 cm³/mol. The fraction of sp³-hybridized carbons (Fsp3) is 0.583. The Labute approximate surface area is 156 Å². The van der Waals surface area contributed by atoms with Crippen molar-refractivity contribution in [1.29, 1.82) is 0 Å². The van der Waals surface area contributed by atoms with Gasteiger partial charge in [-0.3, -0.25) is 0 Å². The van der Waals surface area contributed by atoms with E-state index in [0.29, 0.717) is 12.0 Å². The molecule has 2 unspecified atom stereocenters. The van der Waals surface area contributed by atoms with Crippen molar-refractivity contribution in [2.75, 3.05) is 4.90 Å². The van der Waals surface area contributed by atoms with Crippen molar-refractivity contribution in [2.24, 2.45) is 5.92 Å². The van der Waals surface area contributed by atoms with Crippen molar-refractivity contribution in [3.05, 3.63) is 53.3 Å². The van der Waals surface area contributed by atoms with Crippen LogP contribution in [0.15, 0.2) is 42.1 Å². The van der Waals surface area contributed by atoms with Crippen molar-refractivity contribution >= 4 is 5.69 Å². The quantitative estimate of drug-likeness (QED) is 0.396. The molecule has 25 heavy (non-hydrogen) atoms. The van der Waals surface area contributed by atoms with Crippen LogP contribution < -0.4 is 4.90 Å². The largest absolute Gasteiger partial charge is 0.343 e. The molecule has 0 fully saturated rings. The third kappa shape index (κ3) is 6.38. The molecule has 1 aromatic carbocycles. The second kappa shape index (κ2) is 10.5. The summed E-state index contributed by atoms with van der Waals surface area (Å²) in [5.41, 5.74) is 6.63. The minimum absolute atomic E-state index is 0.468. The first-order chi connectivity index (χ1) is 11.8. The molecule has 1 rings (SSSR count). The number of unbranched alkanes of at least 4 members (excludes halogenated alkanes) is 1. The Bertz CT molecular complexity index is 582. The minimum atomic E-state index is 0.468. The highest BCUT2D eigenvalue weighted by Gasteiger charge is 2.24. The second-order valence-corrected chi connectivity index (χ2v) is 7.69. The zero-order valence-electron chi connectivity index (χ0n) is 17.7. The molecule has 1 heteroatoms. The van der Waals surface area contributed by atoms with E-state index in [9.17, 15) is 0 Å². The van der Waals surface area contributed by atoms with Gasteiger partial charge in [-0.25, -0.2) is 0 Å². The van der Waals surface area contributed by atoms with E-state index < -0.39 is 0 Å². The van der Waals surface area contributed by atoms with E-state index in [1.165, 1.54) is 54.5 Å². The Morgan fingerprint density at radius 3 is 2.36 bits per heavy atom. The number of allylic oxidation sites excluding steroid dienone is 3. The Kier molecular flexibility index (Phi) is 9.03. The van der Waals surface area contributed by atoms with Crippen LogP contribution in [0.1, 0.15) is 77.8 Å². The highest BCUT2D eigenvalue weighted by atomic mass is 15.2. The molecule has 0 aliphatic heterocycles. The van der Waals surface area contributed by atoms with E-state index in [-0.39, 0.29) is 0 Å². The lowest BCUT2D eigenvalue weighted by atomic mass is 9.87. The molecule has 0 aliphatic carbocycles. The summed E-state index contributed by atoms with van der Waals surface area (Å²) in [5.74, 6) is 0.688. The Balaban J connectivity index is 3.07. The average Bonchev–Trinajstić information content (AvgIpc) is 2.57. The number of rotatable bonds is 10. The Hall–Kier alpha value is -1.50. The summed E-state index contributed by atoms with van der Waals surface area (Å²) in [6, 6.07) is 7.27. The molecular weight excluding hydrogens is 302 g/mol. The van der Waals surface area contributed by atoms with Crippen LogP contribution in [0, 0.1) is 19.8 Å². The molecule has 0 N–H and O–H groups in total. The van der Waals surface area contributed by atoms with Crippen LogP contribution in [0.25, 0.3) is 0 Å². The third-order valence-electron chi connectivity index (χ3n) is 5.60. The highest BCUT2D eigenvalue weighted by Crippen LogP contribution is 2.31. The SMILES string of the molecule is C=C(C)N(c1ccc(C)c(C)c1)C(C)C(CCCC)CC/C(C)=C/C. The maximum absolute atomic E-state index is 4.29. The summed E-state index contributed by atoms with van der Waals surface area (Å²) in [4.78, 5) is 2.46. The molecule has 0 spiro atoms. The third-order valence-corrected chi connectivity index (χ3v) is 5.60.